The second-order valence-corrected chi connectivity index (χ2v) is 9.60. The molecule has 27 heavy (non-hydrogen) atoms. The van der Waals surface area contributed by atoms with Gasteiger partial charge in [0.05, 0.1) is 0 Å². The Morgan fingerprint density at radius 3 is 2.70 bits per heavy atom. The Morgan fingerprint density at radius 1 is 1.00 bits per heavy atom. The number of hydrogen-bond acceptors (Lipinski definition) is 3. The molecule has 1 spiro atoms. The summed E-state index contributed by atoms with van der Waals surface area (Å²) in [6, 6.07) is 11.1. The number of hydrogen-bond donors (Lipinski definition) is 1. The first-order valence-electron chi connectivity index (χ1n) is 10.5. The molecule has 1 aromatic carbocycles. The first-order chi connectivity index (χ1) is 12.3. The Hall–Kier alpha value is 0.0600. The molecule has 3 nitrogen and oxygen atoms in total. The zero-order chi connectivity index (χ0) is 16.4. The van der Waals surface area contributed by atoms with Gasteiger partial charge in [-0.25, -0.2) is 0 Å². The van der Waals surface area contributed by atoms with Gasteiger partial charge in [0.1, 0.15) is 0 Å². The minimum absolute atomic E-state index is 0. The Balaban J connectivity index is 0.000000900. The van der Waals surface area contributed by atoms with Crippen LogP contribution < -0.4 is 5.32 Å². The Bertz CT molecular complexity index is 652. The van der Waals surface area contributed by atoms with E-state index in [1.54, 1.807) is 0 Å². The topological polar surface area (TPSA) is 18.5 Å². The summed E-state index contributed by atoms with van der Waals surface area (Å²) >= 11 is 0. The van der Waals surface area contributed by atoms with E-state index in [0.717, 1.165) is 36.1 Å². The Labute approximate surface area is 184 Å². The lowest BCUT2D eigenvalue weighted by Crippen LogP contribution is -2.74. The largest absolute Gasteiger partial charge is 0.316 e. The van der Waals surface area contributed by atoms with Crippen molar-refractivity contribution in [2.24, 2.45) is 29.6 Å². The van der Waals surface area contributed by atoms with Gasteiger partial charge < -0.3 is 5.32 Å². The van der Waals surface area contributed by atoms with Crippen LogP contribution in [-0.4, -0.2) is 54.6 Å². The Kier molecular flexibility index (Phi) is 5.81. The van der Waals surface area contributed by atoms with Gasteiger partial charge >= 0.3 is 0 Å². The lowest BCUT2D eigenvalue weighted by molar-refractivity contribution is -0.169. The van der Waals surface area contributed by atoms with E-state index < -0.39 is 0 Å². The molecule has 2 unspecified atom stereocenters. The average molecular weight is 499 g/mol. The van der Waals surface area contributed by atoms with Gasteiger partial charge in [0.25, 0.3) is 0 Å². The van der Waals surface area contributed by atoms with Crippen LogP contribution in [0.15, 0.2) is 30.3 Å². The molecule has 0 amide bonds. The average Bonchev–Trinajstić information content (AvgIpc) is 3.08. The zero-order valence-electron chi connectivity index (χ0n) is 16.1. The van der Waals surface area contributed by atoms with Crippen molar-refractivity contribution < 1.29 is 0 Å². The van der Waals surface area contributed by atoms with Crippen LogP contribution in [0.25, 0.3) is 0 Å². The molecule has 0 radical (unpaired) electrons. The smallest absolute Gasteiger partial charge is 0.0293 e. The third-order valence-electron chi connectivity index (χ3n) is 8.52. The standard InChI is InChI=1S/C22H31N3.2BrH/c1-2-4-16(5-3-1)11-24-14-20-18-6-7-22(21(20)15-24)19-8-17(9-23-10-19)12-25(22)13-18;;/h1-5,17-21,23H,6-15H2;2*1H/t17?,18-,19?,20-,21-,22+;;/m1../s1. The summed E-state index contributed by atoms with van der Waals surface area (Å²) < 4.78 is 0. The highest BCUT2D eigenvalue weighted by atomic mass is 79.9. The summed E-state index contributed by atoms with van der Waals surface area (Å²) in [6.07, 6.45) is 4.48. The fourth-order valence-corrected chi connectivity index (χ4v) is 7.65. The van der Waals surface area contributed by atoms with E-state index in [1.807, 2.05) is 0 Å². The van der Waals surface area contributed by atoms with Crippen molar-refractivity contribution >= 4 is 34.0 Å². The minimum Gasteiger partial charge on any atom is -0.316 e. The van der Waals surface area contributed by atoms with E-state index in [1.165, 1.54) is 64.1 Å². The molecule has 6 aliphatic rings. The fraction of sp³-hybridized carbons (Fsp3) is 0.727. The van der Waals surface area contributed by atoms with E-state index >= 15 is 0 Å². The fourth-order valence-electron chi connectivity index (χ4n) is 7.65. The molecular weight excluding hydrogens is 466 g/mol. The molecular formula is C22H33Br2N3. The van der Waals surface area contributed by atoms with Gasteiger partial charge in [-0.05, 0) is 67.5 Å². The normalized spacial score (nSPS) is 42.6. The summed E-state index contributed by atoms with van der Waals surface area (Å²) in [5.41, 5.74) is 2.03. The first kappa shape index (κ1) is 20.3. The highest BCUT2D eigenvalue weighted by molar-refractivity contribution is 8.93. The number of benzene rings is 1. The van der Waals surface area contributed by atoms with Gasteiger partial charge in [-0.1, -0.05) is 30.3 Å². The van der Waals surface area contributed by atoms with Crippen molar-refractivity contribution in [3.05, 3.63) is 35.9 Å². The van der Waals surface area contributed by atoms with Crippen molar-refractivity contribution in [3.8, 4) is 0 Å². The molecule has 5 heterocycles. The molecule has 4 bridgehead atoms. The number of rotatable bonds is 2. The van der Waals surface area contributed by atoms with Crippen LogP contribution in [0, 0.1) is 29.6 Å². The van der Waals surface area contributed by atoms with Crippen LogP contribution in [-0.2, 0) is 6.54 Å². The number of likely N-dealkylation sites (tertiary alicyclic amines) is 1. The predicted octanol–water partition coefficient (Wildman–Crippen LogP) is 3.59. The number of piperidine rings is 4. The number of fused-ring (bicyclic) bond motifs is 3. The van der Waals surface area contributed by atoms with Crippen LogP contribution in [0.4, 0.5) is 0 Å². The minimum atomic E-state index is 0. The van der Waals surface area contributed by atoms with Crippen molar-refractivity contribution in [2.75, 3.05) is 39.3 Å². The third-order valence-corrected chi connectivity index (χ3v) is 8.52. The SMILES string of the molecule is Br.Br.c1ccc(CN2C[C@@H]3[C@@H]4CC[C@]5(C6CNCC(C6)CN5C4)[C@@H]3C2)cc1. The molecule has 5 saturated heterocycles. The van der Waals surface area contributed by atoms with E-state index in [9.17, 15) is 0 Å². The van der Waals surface area contributed by atoms with Crippen LogP contribution in [0.3, 0.4) is 0 Å². The zero-order valence-corrected chi connectivity index (χ0v) is 19.5. The third kappa shape index (κ3) is 3.07. The van der Waals surface area contributed by atoms with E-state index in [0.29, 0.717) is 5.54 Å². The van der Waals surface area contributed by atoms with Crippen LogP contribution in [0.1, 0.15) is 24.8 Å². The van der Waals surface area contributed by atoms with Gasteiger partial charge in [0.15, 0.2) is 0 Å². The molecule has 6 atom stereocenters. The van der Waals surface area contributed by atoms with E-state index in [2.05, 4.69) is 45.4 Å². The van der Waals surface area contributed by atoms with Crippen molar-refractivity contribution in [2.45, 2.75) is 31.3 Å². The lowest BCUT2D eigenvalue weighted by Gasteiger charge is -2.67. The Morgan fingerprint density at radius 2 is 1.85 bits per heavy atom. The van der Waals surface area contributed by atoms with Crippen LogP contribution in [0.2, 0.25) is 0 Å². The van der Waals surface area contributed by atoms with E-state index in [-0.39, 0.29) is 34.0 Å². The van der Waals surface area contributed by atoms with Crippen molar-refractivity contribution in [3.63, 3.8) is 0 Å². The number of nitrogens with one attached hydrogen (secondary N) is 1. The summed E-state index contributed by atoms with van der Waals surface area (Å²) in [4.78, 5) is 5.80. The molecule has 7 rings (SSSR count). The van der Waals surface area contributed by atoms with Crippen LogP contribution >= 0.6 is 34.0 Å². The first-order valence-corrected chi connectivity index (χ1v) is 10.5. The highest BCUT2D eigenvalue weighted by Crippen LogP contribution is 2.59. The second-order valence-electron chi connectivity index (χ2n) is 9.60. The number of halogens is 2. The summed E-state index contributed by atoms with van der Waals surface area (Å²) in [5, 5.41) is 3.79. The predicted molar refractivity (Wildman–Crippen MR) is 121 cm³/mol. The maximum Gasteiger partial charge on any atom is 0.0293 e. The molecule has 0 aromatic heterocycles. The number of nitrogens with zero attached hydrogens (tertiary/aromatic N) is 2. The van der Waals surface area contributed by atoms with Crippen molar-refractivity contribution in [1.82, 2.24) is 15.1 Å². The summed E-state index contributed by atoms with van der Waals surface area (Å²) in [7, 11) is 0. The molecule has 5 heteroatoms. The monoisotopic (exact) mass is 497 g/mol. The van der Waals surface area contributed by atoms with Crippen LogP contribution in [0.5, 0.6) is 0 Å². The van der Waals surface area contributed by atoms with Gasteiger partial charge in [-0.2, -0.15) is 0 Å². The molecule has 1 aliphatic carbocycles. The van der Waals surface area contributed by atoms with E-state index in [4.69, 9.17) is 0 Å². The maximum atomic E-state index is 3.79. The molecule has 1 aromatic rings. The lowest BCUT2D eigenvalue weighted by atomic mass is 9.52. The van der Waals surface area contributed by atoms with Gasteiger partial charge in [-0.15, -0.1) is 34.0 Å². The molecule has 6 fully saturated rings. The summed E-state index contributed by atoms with van der Waals surface area (Å²) in [5.74, 6) is 4.69. The molecule has 5 aliphatic heterocycles. The quantitative estimate of drug-likeness (QED) is 0.672. The highest BCUT2D eigenvalue weighted by Gasteiger charge is 2.64. The van der Waals surface area contributed by atoms with Gasteiger partial charge in [-0.3, -0.25) is 9.80 Å². The van der Waals surface area contributed by atoms with Gasteiger partial charge in [0.2, 0.25) is 0 Å². The molecule has 1 N–H and O–H groups in total. The molecule has 1 saturated carbocycles. The summed E-state index contributed by atoms with van der Waals surface area (Å²) in [6.45, 7) is 9.18. The van der Waals surface area contributed by atoms with Gasteiger partial charge in [0, 0.05) is 38.3 Å². The maximum absolute atomic E-state index is 3.79. The van der Waals surface area contributed by atoms with Crippen molar-refractivity contribution in [1.29, 1.82) is 0 Å². The second kappa shape index (κ2) is 7.71. The molecule has 150 valence electrons.